The number of nitrogens with zero attached hydrogens (tertiary/aromatic N) is 2. The average molecular weight is 704 g/mol. The maximum Gasteiger partial charge on any atom is 0.264 e. The van der Waals surface area contributed by atoms with E-state index < -0.39 is 28.5 Å². The van der Waals surface area contributed by atoms with Crippen molar-refractivity contribution in [1.29, 1.82) is 0 Å². The molecule has 49 heavy (non-hydrogen) atoms. The lowest BCUT2D eigenvalue weighted by atomic mass is 9.94. The van der Waals surface area contributed by atoms with Crippen LogP contribution in [0.25, 0.3) is 0 Å². The van der Waals surface area contributed by atoms with Gasteiger partial charge in [0.2, 0.25) is 11.8 Å². The van der Waals surface area contributed by atoms with Crippen LogP contribution in [0.1, 0.15) is 43.2 Å². The van der Waals surface area contributed by atoms with Gasteiger partial charge in [0.25, 0.3) is 10.0 Å². The highest BCUT2D eigenvalue weighted by atomic mass is 35.5. The van der Waals surface area contributed by atoms with Crippen LogP contribution >= 0.6 is 11.6 Å². The number of carbonyl (C=O) groups is 2. The van der Waals surface area contributed by atoms with Crippen LogP contribution in [0.3, 0.4) is 0 Å². The van der Waals surface area contributed by atoms with E-state index in [-0.39, 0.29) is 35.5 Å². The summed E-state index contributed by atoms with van der Waals surface area (Å²) in [5.74, 6) is 0.249. The van der Waals surface area contributed by atoms with E-state index in [9.17, 15) is 18.0 Å². The molecule has 2 amide bonds. The molecule has 11 heteroatoms. The van der Waals surface area contributed by atoms with Crippen LogP contribution in [-0.4, -0.2) is 58.0 Å². The van der Waals surface area contributed by atoms with Crippen molar-refractivity contribution in [2.45, 2.75) is 62.0 Å². The summed E-state index contributed by atoms with van der Waals surface area (Å²) in [6.45, 7) is -0.543. The number of sulfonamides is 1. The summed E-state index contributed by atoms with van der Waals surface area (Å²) < 4.78 is 40.3. The Labute approximate surface area is 293 Å². The molecule has 0 heterocycles. The molecule has 4 aromatic rings. The Balaban J connectivity index is 1.57. The van der Waals surface area contributed by atoms with E-state index in [0.29, 0.717) is 16.5 Å². The van der Waals surface area contributed by atoms with Gasteiger partial charge >= 0.3 is 0 Å². The minimum absolute atomic E-state index is 0.00621. The van der Waals surface area contributed by atoms with E-state index in [1.54, 1.807) is 43.5 Å². The quantitative estimate of drug-likeness (QED) is 0.158. The monoisotopic (exact) mass is 703 g/mol. The van der Waals surface area contributed by atoms with Crippen molar-refractivity contribution in [3.63, 3.8) is 0 Å². The molecule has 1 saturated carbocycles. The molecule has 258 valence electrons. The highest BCUT2D eigenvalue weighted by Gasteiger charge is 2.35. The molecule has 0 unspecified atom stereocenters. The largest absolute Gasteiger partial charge is 0.497 e. The van der Waals surface area contributed by atoms with E-state index in [4.69, 9.17) is 21.1 Å². The van der Waals surface area contributed by atoms with Crippen LogP contribution < -0.4 is 19.1 Å². The molecule has 0 saturated heterocycles. The molecule has 1 atom stereocenters. The van der Waals surface area contributed by atoms with Crippen LogP contribution in [-0.2, 0) is 32.6 Å². The topological polar surface area (TPSA) is 105 Å². The normalized spacial score (nSPS) is 14.0. The van der Waals surface area contributed by atoms with Gasteiger partial charge in [-0.15, -0.1) is 0 Å². The zero-order chi connectivity index (χ0) is 34.8. The molecule has 0 aliphatic heterocycles. The maximum absolute atomic E-state index is 14.7. The first-order chi connectivity index (χ1) is 23.7. The first-order valence-corrected chi connectivity index (χ1v) is 18.2. The lowest BCUT2D eigenvalue weighted by molar-refractivity contribution is -0.140. The van der Waals surface area contributed by atoms with Crippen LogP contribution in [0.5, 0.6) is 11.5 Å². The maximum atomic E-state index is 14.7. The Kier molecular flexibility index (Phi) is 12.2. The summed E-state index contributed by atoms with van der Waals surface area (Å²) in [5.41, 5.74) is 1.81. The summed E-state index contributed by atoms with van der Waals surface area (Å²) in [5, 5.41) is 3.53. The summed E-state index contributed by atoms with van der Waals surface area (Å²) in [6.07, 6.45) is 5.16. The number of carbonyl (C=O) groups excluding carboxylic acids is 2. The second-order valence-electron chi connectivity index (χ2n) is 12.1. The lowest BCUT2D eigenvalue weighted by Gasteiger charge is -2.35. The third-order valence-electron chi connectivity index (χ3n) is 8.73. The standard InChI is InChI=1S/C38H42ClN3O6S/c1-47-33-19-21-35(22-20-33)49(45,46)42(32-17-10-14-30(39)25-32)27-37(43)41(26-29-13-9-18-34(23-29)48-2)36(24-28-11-5-3-6-12-28)38(44)40-31-15-7-4-8-16-31/h3,5-6,9-14,17-23,25,31,36H,4,7-8,15-16,24,26-27H2,1-2H3,(H,40,44)/t36-/m1/s1. The highest BCUT2D eigenvalue weighted by Crippen LogP contribution is 2.29. The van der Waals surface area contributed by atoms with E-state index in [0.717, 1.165) is 47.5 Å². The number of nitrogens with one attached hydrogen (secondary N) is 1. The summed E-state index contributed by atoms with van der Waals surface area (Å²) in [7, 11) is -1.23. The van der Waals surface area contributed by atoms with Crippen molar-refractivity contribution in [3.05, 3.63) is 119 Å². The van der Waals surface area contributed by atoms with Crippen molar-refractivity contribution >= 4 is 39.1 Å². The lowest BCUT2D eigenvalue weighted by Crippen LogP contribution is -2.55. The molecule has 9 nitrogen and oxygen atoms in total. The van der Waals surface area contributed by atoms with Gasteiger partial charge in [0.1, 0.15) is 24.1 Å². The van der Waals surface area contributed by atoms with E-state index in [1.165, 1.54) is 30.2 Å². The van der Waals surface area contributed by atoms with E-state index in [2.05, 4.69) is 5.32 Å². The second-order valence-corrected chi connectivity index (χ2v) is 14.4. The highest BCUT2D eigenvalue weighted by molar-refractivity contribution is 7.92. The van der Waals surface area contributed by atoms with Crippen molar-refractivity contribution in [2.24, 2.45) is 0 Å². The third kappa shape index (κ3) is 9.33. The number of hydrogen-bond acceptors (Lipinski definition) is 6. The number of rotatable bonds is 14. The molecule has 4 aromatic carbocycles. The third-order valence-corrected chi connectivity index (χ3v) is 10.8. The van der Waals surface area contributed by atoms with Gasteiger partial charge in [-0.2, -0.15) is 0 Å². The van der Waals surface area contributed by atoms with Gasteiger partial charge in [0.15, 0.2) is 0 Å². The fraction of sp³-hybridized carbons (Fsp3) is 0.316. The van der Waals surface area contributed by atoms with Crippen LogP contribution in [0, 0.1) is 0 Å². The molecule has 5 rings (SSSR count). The van der Waals surface area contributed by atoms with Gasteiger partial charge in [-0.3, -0.25) is 13.9 Å². The SMILES string of the molecule is COc1ccc(S(=O)(=O)N(CC(=O)N(Cc2cccc(OC)c2)[C@H](Cc2ccccc2)C(=O)NC2CCCCC2)c2cccc(Cl)c2)cc1. The summed E-state index contributed by atoms with van der Waals surface area (Å²) in [4.78, 5) is 30.5. The predicted octanol–water partition coefficient (Wildman–Crippen LogP) is 6.64. The Morgan fingerprint density at radius 2 is 1.49 bits per heavy atom. The zero-order valence-electron chi connectivity index (χ0n) is 27.8. The molecule has 1 N–H and O–H groups in total. The molecule has 0 spiro atoms. The van der Waals surface area contributed by atoms with Gasteiger partial charge < -0.3 is 19.7 Å². The Morgan fingerprint density at radius 3 is 2.16 bits per heavy atom. The van der Waals surface area contributed by atoms with E-state index >= 15 is 0 Å². The number of anilines is 1. The molecular formula is C38H42ClN3O6S. The minimum Gasteiger partial charge on any atom is -0.497 e. The van der Waals surface area contributed by atoms with E-state index in [1.807, 2.05) is 48.5 Å². The molecule has 1 aliphatic carbocycles. The first kappa shape index (κ1) is 35.8. The van der Waals surface area contributed by atoms with Crippen molar-refractivity contribution in [3.8, 4) is 11.5 Å². The second kappa shape index (κ2) is 16.7. The molecule has 0 aromatic heterocycles. The number of amides is 2. The Morgan fingerprint density at radius 1 is 0.816 bits per heavy atom. The Hall–Kier alpha value is -4.54. The number of benzene rings is 4. The molecular weight excluding hydrogens is 662 g/mol. The fourth-order valence-electron chi connectivity index (χ4n) is 6.10. The Bertz CT molecular complexity index is 1810. The summed E-state index contributed by atoms with van der Waals surface area (Å²) in [6, 6.07) is 28.2. The smallest absolute Gasteiger partial charge is 0.264 e. The number of hydrogen-bond donors (Lipinski definition) is 1. The first-order valence-electron chi connectivity index (χ1n) is 16.4. The van der Waals surface area contributed by atoms with Gasteiger partial charge in [-0.1, -0.05) is 79.4 Å². The summed E-state index contributed by atoms with van der Waals surface area (Å²) >= 11 is 6.34. The molecule has 1 fully saturated rings. The zero-order valence-corrected chi connectivity index (χ0v) is 29.3. The number of ether oxygens (including phenoxy) is 2. The molecule has 1 aliphatic rings. The number of methoxy groups -OCH3 is 2. The minimum atomic E-state index is -4.28. The van der Waals surface area contributed by atoms with Gasteiger partial charge in [-0.05, 0) is 78.6 Å². The molecule has 0 bridgehead atoms. The van der Waals surface area contributed by atoms with Crippen molar-refractivity contribution < 1.29 is 27.5 Å². The molecule has 0 radical (unpaired) electrons. The van der Waals surface area contributed by atoms with Gasteiger partial charge in [-0.25, -0.2) is 8.42 Å². The fourth-order valence-corrected chi connectivity index (χ4v) is 7.69. The predicted molar refractivity (Wildman–Crippen MR) is 191 cm³/mol. The van der Waals surface area contributed by atoms with Crippen LogP contribution in [0.4, 0.5) is 5.69 Å². The van der Waals surface area contributed by atoms with Crippen LogP contribution in [0.15, 0.2) is 108 Å². The van der Waals surface area contributed by atoms with Gasteiger partial charge in [0, 0.05) is 24.0 Å². The van der Waals surface area contributed by atoms with Crippen molar-refractivity contribution in [1.82, 2.24) is 10.2 Å². The number of halogens is 1. The van der Waals surface area contributed by atoms with Gasteiger partial charge in [0.05, 0.1) is 24.8 Å². The van der Waals surface area contributed by atoms with Crippen LogP contribution in [0.2, 0.25) is 5.02 Å². The average Bonchev–Trinajstić information content (AvgIpc) is 3.12. The van der Waals surface area contributed by atoms with Crippen molar-refractivity contribution in [2.75, 3.05) is 25.1 Å².